The minimum atomic E-state index is 0.307. The summed E-state index contributed by atoms with van der Waals surface area (Å²) in [5.41, 5.74) is 9.76. The van der Waals surface area contributed by atoms with Crippen molar-refractivity contribution >= 4 is 0 Å². The predicted molar refractivity (Wildman–Crippen MR) is 67.5 cm³/mol. The van der Waals surface area contributed by atoms with Crippen LogP contribution in [0.15, 0.2) is 42.7 Å². The Balaban J connectivity index is 2.36. The summed E-state index contributed by atoms with van der Waals surface area (Å²) in [6.45, 7) is 2.76. The summed E-state index contributed by atoms with van der Waals surface area (Å²) in [6, 6.07) is 10.7. The van der Waals surface area contributed by atoms with Gasteiger partial charge in [-0.2, -0.15) is 0 Å². The number of rotatable bonds is 3. The highest BCUT2D eigenvalue weighted by Crippen LogP contribution is 2.24. The molecule has 2 aromatic rings. The summed E-state index contributed by atoms with van der Waals surface area (Å²) in [7, 11) is 2.04. The minimum Gasteiger partial charge on any atom is -0.357 e. The molecule has 0 aliphatic heterocycles. The molecular formula is C14H18N2. The van der Waals surface area contributed by atoms with E-state index in [0.29, 0.717) is 12.5 Å². The number of aryl methyl sites for hydroxylation is 2. The molecule has 1 atom stereocenters. The van der Waals surface area contributed by atoms with Crippen molar-refractivity contribution in [1.82, 2.24) is 4.57 Å². The Morgan fingerprint density at radius 1 is 1.25 bits per heavy atom. The van der Waals surface area contributed by atoms with Crippen LogP contribution in [-0.2, 0) is 7.05 Å². The van der Waals surface area contributed by atoms with E-state index in [-0.39, 0.29) is 0 Å². The van der Waals surface area contributed by atoms with E-state index >= 15 is 0 Å². The van der Waals surface area contributed by atoms with Gasteiger partial charge in [-0.1, -0.05) is 29.8 Å². The average Bonchev–Trinajstić information content (AvgIpc) is 2.66. The lowest BCUT2D eigenvalue weighted by atomic mass is 9.92. The van der Waals surface area contributed by atoms with Gasteiger partial charge in [0, 0.05) is 31.9 Å². The second-order valence-electron chi connectivity index (χ2n) is 4.31. The molecule has 1 heterocycles. The maximum absolute atomic E-state index is 5.89. The lowest BCUT2D eigenvalue weighted by molar-refractivity contribution is 0.810. The lowest BCUT2D eigenvalue weighted by Gasteiger charge is -2.14. The van der Waals surface area contributed by atoms with Crippen molar-refractivity contribution in [1.29, 1.82) is 0 Å². The molecule has 16 heavy (non-hydrogen) atoms. The van der Waals surface area contributed by atoms with Crippen molar-refractivity contribution in [3.63, 3.8) is 0 Å². The third kappa shape index (κ3) is 2.17. The van der Waals surface area contributed by atoms with Gasteiger partial charge in [0.1, 0.15) is 0 Å². The summed E-state index contributed by atoms with van der Waals surface area (Å²) < 4.78 is 2.06. The Hall–Kier alpha value is -1.54. The molecule has 1 unspecified atom stereocenters. The molecule has 0 aliphatic carbocycles. The molecule has 1 aromatic carbocycles. The predicted octanol–water partition coefficient (Wildman–Crippen LogP) is 2.42. The third-order valence-corrected chi connectivity index (χ3v) is 2.94. The maximum Gasteiger partial charge on any atom is 0.0227 e. The fraction of sp³-hybridized carbons (Fsp3) is 0.286. The van der Waals surface area contributed by atoms with Gasteiger partial charge < -0.3 is 10.3 Å². The van der Waals surface area contributed by atoms with E-state index in [1.807, 2.05) is 7.05 Å². The monoisotopic (exact) mass is 214 g/mol. The Bertz CT molecular complexity index is 471. The molecule has 0 bridgehead atoms. The highest BCUT2D eigenvalue weighted by atomic mass is 14.9. The van der Waals surface area contributed by atoms with Gasteiger partial charge in [-0.05, 0) is 24.1 Å². The Morgan fingerprint density at radius 3 is 2.62 bits per heavy atom. The molecule has 2 N–H and O–H groups in total. The van der Waals surface area contributed by atoms with Gasteiger partial charge in [0.25, 0.3) is 0 Å². The molecular weight excluding hydrogens is 196 g/mol. The van der Waals surface area contributed by atoms with Crippen LogP contribution in [0.2, 0.25) is 0 Å². The molecule has 0 saturated heterocycles. The maximum atomic E-state index is 5.89. The summed E-state index contributed by atoms with van der Waals surface area (Å²) in [5, 5.41) is 0. The molecule has 0 fully saturated rings. The second kappa shape index (κ2) is 4.54. The molecule has 2 nitrogen and oxygen atoms in total. The third-order valence-electron chi connectivity index (χ3n) is 2.94. The first-order chi connectivity index (χ1) is 7.70. The van der Waals surface area contributed by atoms with E-state index in [1.165, 1.54) is 16.7 Å². The number of nitrogens with zero attached hydrogens (tertiary/aromatic N) is 1. The highest BCUT2D eigenvalue weighted by Gasteiger charge is 2.13. The van der Waals surface area contributed by atoms with E-state index in [9.17, 15) is 0 Å². The molecule has 0 radical (unpaired) electrons. The number of benzene rings is 1. The Morgan fingerprint density at radius 2 is 2.06 bits per heavy atom. The highest BCUT2D eigenvalue weighted by molar-refractivity contribution is 5.34. The van der Waals surface area contributed by atoms with E-state index in [0.717, 1.165) is 0 Å². The molecule has 84 valence electrons. The lowest BCUT2D eigenvalue weighted by Crippen LogP contribution is -2.13. The van der Waals surface area contributed by atoms with Crippen molar-refractivity contribution in [2.24, 2.45) is 12.8 Å². The SMILES string of the molecule is Cc1cccc(C(CN)c2ccn(C)c2)c1. The van der Waals surface area contributed by atoms with Crippen LogP contribution in [0.25, 0.3) is 0 Å². The zero-order valence-corrected chi connectivity index (χ0v) is 9.85. The molecule has 0 amide bonds. The largest absolute Gasteiger partial charge is 0.357 e. The Kier molecular flexibility index (Phi) is 3.11. The van der Waals surface area contributed by atoms with E-state index < -0.39 is 0 Å². The van der Waals surface area contributed by atoms with E-state index in [1.54, 1.807) is 0 Å². The normalized spacial score (nSPS) is 12.7. The topological polar surface area (TPSA) is 30.9 Å². The zero-order chi connectivity index (χ0) is 11.5. The molecule has 0 saturated carbocycles. The fourth-order valence-electron chi connectivity index (χ4n) is 2.08. The molecule has 0 spiro atoms. The van der Waals surface area contributed by atoms with Gasteiger partial charge in [0.05, 0.1) is 0 Å². The quantitative estimate of drug-likeness (QED) is 0.835. The summed E-state index contributed by atoms with van der Waals surface area (Å²) >= 11 is 0. The Labute approximate surface area is 96.7 Å². The standard InChI is InChI=1S/C14H18N2/c1-11-4-3-5-12(8-11)14(9-15)13-6-7-16(2)10-13/h3-8,10,14H,9,15H2,1-2H3. The van der Waals surface area contributed by atoms with Crippen molar-refractivity contribution in [2.75, 3.05) is 6.54 Å². The van der Waals surface area contributed by atoms with Gasteiger partial charge in [-0.15, -0.1) is 0 Å². The van der Waals surface area contributed by atoms with Crippen LogP contribution in [0.1, 0.15) is 22.6 Å². The first-order valence-electron chi connectivity index (χ1n) is 5.59. The smallest absolute Gasteiger partial charge is 0.0227 e. The van der Waals surface area contributed by atoms with Gasteiger partial charge in [-0.25, -0.2) is 0 Å². The van der Waals surface area contributed by atoms with E-state index in [2.05, 4.69) is 54.2 Å². The minimum absolute atomic E-state index is 0.307. The average molecular weight is 214 g/mol. The summed E-state index contributed by atoms with van der Waals surface area (Å²) in [6.07, 6.45) is 4.20. The zero-order valence-electron chi connectivity index (χ0n) is 9.85. The van der Waals surface area contributed by atoms with Gasteiger partial charge >= 0.3 is 0 Å². The van der Waals surface area contributed by atoms with Crippen LogP contribution >= 0.6 is 0 Å². The first-order valence-corrected chi connectivity index (χ1v) is 5.59. The molecule has 2 heteroatoms. The summed E-state index contributed by atoms with van der Waals surface area (Å²) in [5.74, 6) is 0.307. The molecule has 1 aromatic heterocycles. The van der Waals surface area contributed by atoms with Crippen LogP contribution in [0.3, 0.4) is 0 Å². The van der Waals surface area contributed by atoms with Gasteiger partial charge in [0.15, 0.2) is 0 Å². The van der Waals surface area contributed by atoms with Crippen molar-refractivity contribution in [3.05, 3.63) is 59.4 Å². The van der Waals surface area contributed by atoms with Crippen molar-refractivity contribution in [2.45, 2.75) is 12.8 Å². The first kappa shape index (κ1) is 11.0. The van der Waals surface area contributed by atoms with Crippen LogP contribution in [0, 0.1) is 6.92 Å². The van der Waals surface area contributed by atoms with Crippen LogP contribution in [-0.4, -0.2) is 11.1 Å². The fourth-order valence-corrected chi connectivity index (χ4v) is 2.08. The van der Waals surface area contributed by atoms with Gasteiger partial charge in [0.2, 0.25) is 0 Å². The van der Waals surface area contributed by atoms with Crippen LogP contribution in [0.5, 0.6) is 0 Å². The van der Waals surface area contributed by atoms with Crippen molar-refractivity contribution < 1.29 is 0 Å². The summed E-state index contributed by atoms with van der Waals surface area (Å²) in [4.78, 5) is 0. The number of hydrogen-bond acceptors (Lipinski definition) is 1. The number of nitrogens with two attached hydrogens (primary N) is 1. The number of aromatic nitrogens is 1. The van der Waals surface area contributed by atoms with E-state index in [4.69, 9.17) is 5.73 Å². The van der Waals surface area contributed by atoms with Crippen molar-refractivity contribution in [3.8, 4) is 0 Å². The molecule has 0 aliphatic rings. The van der Waals surface area contributed by atoms with Crippen LogP contribution in [0.4, 0.5) is 0 Å². The molecule has 2 rings (SSSR count). The van der Waals surface area contributed by atoms with Crippen LogP contribution < -0.4 is 5.73 Å². The number of hydrogen-bond donors (Lipinski definition) is 1. The second-order valence-corrected chi connectivity index (χ2v) is 4.31. The van der Waals surface area contributed by atoms with Gasteiger partial charge in [-0.3, -0.25) is 0 Å².